The third-order valence-corrected chi connectivity index (χ3v) is 5.71. The Bertz CT molecular complexity index is 811. The quantitative estimate of drug-likeness (QED) is 0.778. The van der Waals surface area contributed by atoms with Crippen LogP contribution in [0.1, 0.15) is 6.42 Å². The summed E-state index contributed by atoms with van der Waals surface area (Å²) in [5, 5.41) is 5.24. The molecule has 5 nitrogen and oxygen atoms in total. The summed E-state index contributed by atoms with van der Waals surface area (Å²) < 4.78 is 5.22. The second-order valence-corrected chi connectivity index (χ2v) is 7.57. The monoisotopic (exact) mass is 374 g/mol. The number of rotatable bonds is 5. The summed E-state index contributed by atoms with van der Waals surface area (Å²) in [7, 11) is 1.60. The van der Waals surface area contributed by atoms with E-state index in [1.807, 2.05) is 42.7 Å². The maximum atomic E-state index is 12.3. The van der Waals surface area contributed by atoms with E-state index in [9.17, 15) is 9.59 Å². The molecule has 1 aliphatic heterocycles. The molecule has 0 aliphatic carbocycles. The van der Waals surface area contributed by atoms with Crippen molar-refractivity contribution in [3.8, 4) is 5.75 Å². The number of anilines is 2. The van der Waals surface area contributed by atoms with Crippen LogP contribution in [0.2, 0.25) is 0 Å². The van der Waals surface area contributed by atoms with Gasteiger partial charge >= 0.3 is 0 Å². The number of carbonyl (C=O) groups is 2. The fraction of sp³-hybridized carbons (Fsp3) is 0.222. The first-order chi connectivity index (χ1) is 12.1. The number of ether oxygens (including phenoxy) is 1. The van der Waals surface area contributed by atoms with Gasteiger partial charge in [-0.1, -0.05) is 6.07 Å². The van der Waals surface area contributed by atoms with Crippen LogP contribution < -0.4 is 15.4 Å². The Morgan fingerprint density at radius 2 is 2.16 bits per heavy atom. The van der Waals surface area contributed by atoms with Crippen molar-refractivity contribution in [1.82, 2.24) is 0 Å². The van der Waals surface area contributed by atoms with E-state index in [0.29, 0.717) is 0 Å². The summed E-state index contributed by atoms with van der Waals surface area (Å²) in [6.45, 7) is 0. The van der Waals surface area contributed by atoms with Crippen molar-refractivity contribution in [2.75, 3.05) is 24.0 Å². The number of methoxy groups -OCH3 is 1. The molecule has 0 fully saturated rings. The van der Waals surface area contributed by atoms with Gasteiger partial charge in [0.05, 0.1) is 18.0 Å². The van der Waals surface area contributed by atoms with Crippen LogP contribution >= 0.6 is 23.5 Å². The fourth-order valence-electron chi connectivity index (χ4n) is 2.47. The van der Waals surface area contributed by atoms with Crippen molar-refractivity contribution in [3.63, 3.8) is 0 Å². The maximum Gasteiger partial charge on any atom is 0.238 e. The highest BCUT2D eigenvalue weighted by Crippen LogP contribution is 2.39. The Balaban J connectivity index is 1.67. The van der Waals surface area contributed by atoms with Gasteiger partial charge in [0.25, 0.3) is 0 Å². The zero-order chi connectivity index (χ0) is 17.8. The molecule has 0 saturated heterocycles. The summed E-state index contributed by atoms with van der Waals surface area (Å²) in [5.74, 6) is 0.382. The van der Waals surface area contributed by atoms with Gasteiger partial charge in [0, 0.05) is 21.9 Å². The summed E-state index contributed by atoms with van der Waals surface area (Å²) in [6, 6.07) is 13.1. The topological polar surface area (TPSA) is 67.4 Å². The van der Waals surface area contributed by atoms with E-state index in [0.717, 1.165) is 26.9 Å². The molecule has 7 heteroatoms. The van der Waals surface area contributed by atoms with Gasteiger partial charge < -0.3 is 15.4 Å². The number of hydrogen-bond acceptors (Lipinski definition) is 5. The first-order valence-corrected chi connectivity index (χ1v) is 9.79. The molecule has 2 aromatic carbocycles. The highest BCUT2D eigenvalue weighted by atomic mass is 32.2. The normalized spacial score (nSPS) is 15.9. The number of hydrogen-bond donors (Lipinski definition) is 2. The third kappa shape index (κ3) is 4.29. The van der Waals surface area contributed by atoms with Gasteiger partial charge in [-0.05, 0) is 42.7 Å². The van der Waals surface area contributed by atoms with Crippen molar-refractivity contribution in [1.29, 1.82) is 0 Å². The minimum Gasteiger partial charge on any atom is -0.497 e. The minimum absolute atomic E-state index is 0.108. The zero-order valence-corrected chi connectivity index (χ0v) is 15.5. The molecular weight excluding hydrogens is 356 g/mol. The summed E-state index contributed by atoms with van der Waals surface area (Å²) >= 11 is 2.99. The van der Waals surface area contributed by atoms with Gasteiger partial charge in [0.1, 0.15) is 5.75 Å². The Labute approximate surface area is 154 Å². The molecule has 0 saturated carbocycles. The lowest BCUT2D eigenvalue weighted by Crippen LogP contribution is -2.32. The molecule has 0 bridgehead atoms. The Hall–Kier alpha value is -2.12. The van der Waals surface area contributed by atoms with Gasteiger partial charge in [0.2, 0.25) is 11.8 Å². The molecule has 3 rings (SSSR count). The molecule has 25 heavy (non-hydrogen) atoms. The number of amides is 2. The van der Waals surface area contributed by atoms with Gasteiger partial charge in [0.15, 0.2) is 0 Å². The van der Waals surface area contributed by atoms with E-state index in [-0.39, 0.29) is 18.2 Å². The summed E-state index contributed by atoms with van der Waals surface area (Å²) in [4.78, 5) is 26.6. The number of fused-ring (bicyclic) bond motifs is 1. The molecule has 1 atom stereocenters. The Morgan fingerprint density at radius 3 is 2.92 bits per heavy atom. The molecule has 2 amide bonds. The van der Waals surface area contributed by atoms with Crippen LogP contribution in [-0.4, -0.2) is 30.4 Å². The molecule has 0 unspecified atom stereocenters. The molecule has 0 radical (unpaired) electrons. The van der Waals surface area contributed by atoms with Crippen molar-refractivity contribution in [2.24, 2.45) is 0 Å². The predicted molar refractivity (Wildman–Crippen MR) is 103 cm³/mol. The molecule has 1 heterocycles. The third-order valence-electron chi connectivity index (χ3n) is 3.73. The summed E-state index contributed by atoms with van der Waals surface area (Å²) in [5.41, 5.74) is 1.49. The minimum atomic E-state index is -0.469. The highest BCUT2D eigenvalue weighted by Gasteiger charge is 2.29. The van der Waals surface area contributed by atoms with Crippen LogP contribution in [0, 0.1) is 0 Å². The number of nitrogens with one attached hydrogen (secondary N) is 2. The van der Waals surface area contributed by atoms with Gasteiger partial charge in [-0.2, -0.15) is 0 Å². The lowest BCUT2D eigenvalue weighted by molar-refractivity contribution is -0.120. The smallest absolute Gasteiger partial charge is 0.238 e. The van der Waals surface area contributed by atoms with Crippen LogP contribution in [0.4, 0.5) is 11.4 Å². The van der Waals surface area contributed by atoms with Gasteiger partial charge in [-0.15, -0.1) is 23.5 Å². The van der Waals surface area contributed by atoms with Crippen LogP contribution in [0.25, 0.3) is 0 Å². The first kappa shape index (κ1) is 17.7. The van der Waals surface area contributed by atoms with Crippen molar-refractivity contribution < 1.29 is 14.3 Å². The van der Waals surface area contributed by atoms with E-state index in [1.165, 1.54) is 11.8 Å². The van der Waals surface area contributed by atoms with Crippen LogP contribution in [0.15, 0.2) is 52.3 Å². The van der Waals surface area contributed by atoms with Crippen molar-refractivity contribution in [3.05, 3.63) is 42.5 Å². The number of thioether (sulfide) groups is 2. The number of carbonyl (C=O) groups excluding carboxylic acids is 2. The second kappa shape index (κ2) is 7.84. The van der Waals surface area contributed by atoms with E-state index in [1.54, 1.807) is 24.9 Å². The maximum absolute atomic E-state index is 12.3. The SMILES string of the molecule is COc1ccc2c(c1)S[C@H](CC(=O)Nc1cccc(SC)c1)C(=O)N2. The molecule has 0 aromatic heterocycles. The van der Waals surface area contributed by atoms with Crippen molar-refractivity contribution in [2.45, 2.75) is 21.5 Å². The lowest BCUT2D eigenvalue weighted by Gasteiger charge is -2.24. The zero-order valence-electron chi connectivity index (χ0n) is 13.9. The Kier molecular flexibility index (Phi) is 5.55. The summed E-state index contributed by atoms with van der Waals surface area (Å²) in [6.07, 6.45) is 2.09. The van der Waals surface area contributed by atoms with Gasteiger partial charge in [-0.25, -0.2) is 0 Å². The van der Waals surface area contributed by atoms with Crippen LogP contribution in [0.3, 0.4) is 0 Å². The molecule has 0 spiro atoms. The standard InChI is InChI=1S/C18H18N2O3S2/c1-23-12-6-7-14-15(9-12)25-16(18(22)20-14)10-17(21)19-11-4-3-5-13(8-11)24-2/h3-9,16H,10H2,1-2H3,(H,19,21)(H,20,22)/t16-/m1/s1. The van der Waals surface area contributed by atoms with E-state index >= 15 is 0 Å². The van der Waals surface area contributed by atoms with E-state index in [4.69, 9.17) is 4.74 Å². The number of benzene rings is 2. The Morgan fingerprint density at radius 1 is 1.32 bits per heavy atom. The van der Waals surface area contributed by atoms with Crippen LogP contribution in [-0.2, 0) is 9.59 Å². The van der Waals surface area contributed by atoms with Gasteiger partial charge in [-0.3, -0.25) is 9.59 Å². The molecular formula is C18H18N2O3S2. The van der Waals surface area contributed by atoms with E-state index in [2.05, 4.69) is 10.6 Å². The molecule has 2 N–H and O–H groups in total. The lowest BCUT2D eigenvalue weighted by atomic mass is 10.2. The van der Waals surface area contributed by atoms with Crippen molar-refractivity contribution >= 4 is 46.7 Å². The average molecular weight is 374 g/mol. The molecule has 2 aromatic rings. The molecule has 130 valence electrons. The largest absolute Gasteiger partial charge is 0.497 e. The highest BCUT2D eigenvalue weighted by molar-refractivity contribution is 8.01. The first-order valence-electron chi connectivity index (χ1n) is 7.68. The molecule has 1 aliphatic rings. The van der Waals surface area contributed by atoms with E-state index < -0.39 is 5.25 Å². The fourth-order valence-corrected chi connectivity index (χ4v) is 4.06. The average Bonchev–Trinajstić information content (AvgIpc) is 2.62. The second-order valence-electron chi connectivity index (χ2n) is 5.44. The predicted octanol–water partition coefficient (Wildman–Crippen LogP) is 3.86. The van der Waals surface area contributed by atoms with Crippen LogP contribution in [0.5, 0.6) is 5.75 Å².